The van der Waals surface area contributed by atoms with Crippen molar-refractivity contribution in [3.8, 4) is 5.75 Å². The molecule has 29 heavy (non-hydrogen) atoms. The van der Waals surface area contributed by atoms with Gasteiger partial charge >= 0.3 is 0 Å². The lowest BCUT2D eigenvalue weighted by atomic mass is 9.96. The fraction of sp³-hybridized carbons (Fsp3) is 0.364. The minimum absolute atomic E-state index is 0.0879. The smallest absolute Gasteiger partial charge is 0.266 e. The molecule has 1 N–H and O–H groups in total. The monoisotopic (exact) mass is 394 g/mol. The minimum atomic E-state index is -0.987. The maximum Gasteiger partial charge on any atom is 0.266 e. The lowest BCUT2D eigenvalue weighted by Crippen LogP contribution is -2.54. The number of hydrogen-bond acceptors (Lipinski definition) is 5. The van der Waals surface area contributed by atoms with Crippen molar-refractivity contribution in [1.82, 2.24) is 10.2 Å². The summed E-state index contributed by atoms with van der Waals surface area (Å²) in [5.74, 6) is -1.37. The van der Waals surface area contributed by atoms with Crippen molar-refractivity contribution in [2.75, 3.05) is 0 Å². The Morgan fingerprint density at radius 3 is 2.59 bits per heavy atom. The Morgan fingerprint density at radius 2 is 1.93 bits per heavy atom. The van der Waals surface area contributed by atoms with Gasteiger partial charge < -0.3 is 4.74 Å². The Hall–Kier alpha value is -3.22. The Morgan fingerprint density at radius 1 is 1.14 bits per heavy atom. The standard InChI is InChI=1S/C22H22N2O5/c1-12(2)13-6-8-14(9-7-13)29-17-5-3-4-15-19(17)22(28)24(21(15)27)16-10-11-18(25)23-20(16)26/h3-8,12,14,16H,9-11H2,1-2H3,(H,23,25,26). The molecule has 0 saturated carbocycles. The van der Waals surface area contributed by atoms with Gasteiger partial charge in [-0.2, -0.15) is 0 Å². The number of carbonyl (C=O) groups is 4. The predicted octanol–water partition coefficient (Wildman–Crippen LogP) is 2.38. The first-order valence-electron chi connectivity index (χ1n) is 9.76. The average Bonchev–Trinajstić information content (AvgIpc) is 2.94. The maximum absolute atomic E-state index is 13.1. The van der Waals surface area contributed by atoms with Crippen molar-refractivity contribution >= 4 is 23.6 Å². The summed E-state index contributed by atoms with van der Waals surface area (Å²) in [6.07, 6.45) is 6.73. The summed E-state index contributed by atoms with van der Waals surface area (Å²) in [6, 6.07) is 3.89. The number of nitrogens with one attached hydrogen (secondary N) is 1. The quantitative estimate of drug-likeness (QED) is 0.792. The molecule has 7 heteroatoms. The SMILES string of the molecule is CC(C)C1=CCC(Oc2cccc3c2C(=O)N(C2CCC(=O)NC2=O)C3=O)C=C1. The van der Waals surface area contributed by atoms with E-state index in [0.717, 1.165) is 4.90 Å². The van der Waals surface area contributed by atoms with Gasteiger partial charge in [0.15, 0.2) is 0 Å². The molecular formula is C22H22N2O5. The molecule has 1 saturated heterocycles. The number of rotatable bonds is 4. The number of piperidine rings is 1. The maximum atomic E-state index is 13.1. The highest BCUT2D eigenvalue weighted by Crippen LogP contribution is 2.34. The zero-order chi connectivity index (χ0) is 20.7. The zero-order valence-corrected chi connectivity index (χ0v) is 16.3. The van der Waals surface area contributed by atoms with Crippen LogP contribution in [0.25, 0.3) is 0 Å². The molecule has 4 rings (SSSR count). The fourth-order valence-electron chi connectivity index (χ4n) is 3.88. The van der Waals surface area contributed by atoms with E-state index in [1.54, 1.807) is 18.2 Å². The van der Waals surface area contributed by atoms with Gasteiger partial charge in [-0.05, 0) is 36.1 Å². The summed E-state index contributed by atoms with van der Waals surface area (Å²) in [4.78, 5) is 50.5. The van der Waals surface area contributed by atoms with Crippen LogP contribution in [0.15, 0.2) is 42.0 Å². The molecule has 1 aliphatic carbocycles. The van der Waals surface area contributed by atoms with Gasteiger partial charge in [0, 0.05) is 12.8 Å². The van der Waals surface area contributed by atoms with Gasteiger partial charge in [0.25, 0.3) is 11.8 Å². The third-order valence-corrected chi connectivity index (χ3v) is 5.46. The van der Waals surface area contributed by atoms with Crippen molar-refractivity contribution in [2.45, 2.75) is 45.3 Å². The number of hydrogen-bond donors (Lipinski definition) is 1. The predicted molar refractivity (Wildman–Crippen MR) is 104 cm³/mol. The molecular weight excluding hydrogens is 372 g/mol. The Bertz CT molecular complexity index is 975. The molecule has 1 aromatic rings. The molecule has 0 aromatic heterocycles. The van der Waals surface area contributed by atoms with Crippen LogP contribution in [0.5, 0.6) is 5.75 Å². The minimum Gasteiger partial charge on any atom is -0.485 e. The van der Waals surface area contributed by atoms with Crippen molar-refractivity contribution in [3.63, 3.8) is 0 Å². The molecule has 0 radical (unpaired) electrons. The Kier molecular flexibility index (Phi) is 4.82. The van der Waals surface area contributed by atoms with Gasteiger partial charge in [-0.15, -0.1) is 0 Å². The second-order valence-electron chi connectivity index (χ2n) is 7.74. The molecule has 150 valence electrons. The summed E-state index contributed by atoms with van der Waals surface area (Å²) in [6.45, 7) is 4.24. The van der Waals surface area contributed by atoms with E-state index in [-0.39, 0.29) is 30.1 Å². The average molecular weight is 394 g/mol. The first-order valence-corrected chi connectivity index (χ1v) is 9.76. The normalized spacial score (nSPS) is 24.0. The van der Waals surface area contributed by atoms with Crippen LogP contribution in [-0.4, -0.2) is 40.7 Å². The third kappa shape index (κ3) is 3.37. The largest absolute Gasteiger partial charge is 0.485 e. The van der Waals surface area contributed by atoms with Gasteiger partial charge in [-0.25, -0.2) is 0 Å². The Labute approximate surface area is 168 Å². The number of allylic oxidation sites excluding steroid dienone is 2. The first kappa shape index (κ1) is 19.1. The van der Waals surface area contributed by atoms with Crippen LogP contribution in [0, 0.1) is 5.92 Å². The molecule has 0 bridgehead atoms. The molecule has 1 fully saturated rings. The van der Waals surface area contributed by atoms with Gasteiger partial charge in [0.05, 0.1) is 11.1 Å². The molecule has 2 unspecified atom stereocenters. The van der Waals surface area contributed by atoms with Crippen molar-refractivity contribution in [2.24, 2.45) is 5.92 Å². The van der Waals surface area contributed by atoms with E-state index in [1.165, 1.54) is 5.57 Å². The lowest BCUT2D eigenvalue weighted by molar-refractivity contribution is -0.136. The zero-order valence-electron chi connectivity index (χ0n) is 16.3. The Balaban J connectivity index is 1.58. The second kappa shape index (κ2) is 7.31. The lowest BCUT2D eigenvalue weighted by Gasteiger charge is -2.27. The molecule has 2 atom stereocenters. The molecule has 2 aliphatic heterocycles. The molecule has 7 nitrogen and oxygen atoms in total. The van der Waals surface area contributed by atoms with Crippen LogP contribution in [0.1, 0.15) is 53.8 Å². The third-order valence-electron chi connectivity index (χ3n) is 5.46. The van der Waals surface area contributed by atoms with Crippen LogP contribution in [0.4, 0.5) is 0 Å². The second-order valence-corrected chi connectivity index (χ2v) is 7.74. The topological polar surface area (TPSA) is 92.8 Å². The van der Waals surface area contributed by atoms with E-state index >= 15 is 0 Å². The summed E-state index contributed by atoms with van der Waals surface area (Å²) in [5.41, 5.74) is 1.63. The van der Waals surface area contributed by atoms with Gasteiger partial charge in [0.1, 0.15) is 17.9 Å². The highest BCUT2D eigenvalue weighted by Gasteiger charge is 2.46. The van der Waals surface area contributed by atoms with Gasteiger partial charge in [-0.3, -0.25) is 29.4 Å². The number of nitrogens with zero attached hydrogens (tertiary/aromatic N) is 1. The van der Waals surface area contributed by atoms with Crippen LogP contribution in [0.2, 0.25) is 0 Å². The van der Waals surface area contributed by atoms with E-state index in [1.807, 2.05) is 12.2 Å². The first-order chi connectivity index (χ1) is 13.9. The van der Waals surface area contributed by atoms with E-state index < -0.39 is 29.7 Å². The molecule has 2 heterocycles. The number of carbonyl (C=O) groups excluding carboxylic acids is 4. The number of imide groups is 2. The van der Waals surface area contributed by atoms with Crippen molar-refractivity contribution in [1.29, 1.82) is 0 Å². The van der Waals surface area contributed by atoms with E-state index in [0.29, 0.717) is 18.1 Å². The van der Waals surface area contributed by atoms with Crippen LogP contribution in [-0.2, 0) is 9.59 Å². The van der Waals surface area contributed by atoms with Crippen LogP contribution >= 0.6 is 0 Å². The molecule has 1 aromatic carbocycles. The highest BCUT2D eigenvalue weighted by molar-refractivity contribution is 6.24. The van der Waals surface area contributed by atoms with E-state index in [2.05, 4.69) is 25.2 Å². The summed E-state index contributed by atoms with van der Waals surface area (Å²) >= 11 is 0. The highest BCUT2D eigenvalue weighted by atomic mass is 16.5. The summed E-state index contributed by atoms with van der Waals surface area (Å²) in [7, 11) is 0. The van der Waals surface area contributed by atoms with Crippen LogP contribution in [0.3, 0.4) is 0 Å². The van der Waals surface area contributed by atoms with Gasteiger partial charge in [-0.1, -0.05) is 32.1 Å². The summed E-state index contributed by atoms with van der Waals surface area (Å²) in [5, 5.41) is 2.20. The van der Waals surface area contributed by atoms with Crippen molar-refractivity contribution in [3.05, 3.63) is 53.1 Å². The van der Waals surface area contributed by atoms with E-state index in [9.17, 15) is 19.2 Å². The molecule has 3 aliphatic rings. The number of benzene rings is 1. The van der Waals surface area contributed by atoms with E-state index in [4.69, 9.17) is 4.74 Å². The van der Waals surface area contributed by atoms with Crippen LogP contribution < -0.4 is 10.1 Å². The van der Waals surface area contributed by atoms with Crippen molar-refractivity contribution < 1.29 is 23.9 Å². The summed E-state index contributed by atoms with van der Waals surface area (Å²) < 4.78 is 6.04. The van der Waals surface area contributed by atoms with Gasteiger partial charge in [0.2, 0.25) is 11.8 Å². The fourth-order valence-corrected chi connectivity index (χ4v) is 3.88. The number of amides is 4. The molecule has 0 spiro atoms. The molecule has 4 amide bonds. The number of ether oxygens (including phenoxy) is 1. The number of fused-ring (bicyclic) bond motifs is 1.